The first-order chi connectivity index (χ1) is 12.6. The fourth-order valence-corrected chi connectivity index (χ4v) is 3.79. The number of halogens is 1. The minimum Gasteiger partial charge on any atom is -0.368 e. The van der Waals surface area contributed by atoms with Crippen molar-refractivity contribution in [2.24, 2.45) is 7.05 Å². The Hall–Kier alpha value is -2.74. The Morgan fingerprint density at radius 3 is 2.54 bits per heavy atom. The van der Waals surface area contributed by atoms with Crippen LogP contribution in [0.25, 0.3) is 10.6 Å². The van der Waals surface area contributed by atoms with Gasteiger partial charge in [-0.2, -0.15) is 5.10 Å². The Morgan fingerprint density at radius 1 is 1.15 bits per heavy atom. The summed E-state index contributed by atoms with van der Waals surface area (Å²) in [6, 6.07) is 6.46. The average Bonchev–Trinajstić information content (AvgIpc) is 3.31. The van der Waals surface area contributed by atoms with E-state index in [9.17, 15) is 9.18 Å². The van der Waals surface area contributed by atoms with E-state index < -0.39 is 0 Å². The van der Waals surface area contributed by atoms with Crippen LogP contribution in [0.2, 0.25) is 0 Å². The number of aryl methyl sites for hydroxylation is 1. The summed E-state index contributed by atoms with van der Waals surface area (Å²) < 4.78 is 14.8. The molecule has 3 aromatic rings. The van der Waals surface area contributed by atoms with E-state index in [1.807, 2.05) is 18.1 Å². The number of amides is 1. The summed E-state index contributed by atoms with van der Waals surface area (Å²) in [7, 11) is 1.85. The number of aromatic nitrogens is 3. The van der Waals surface area contributed by atoms with Crippen molar-refractivity contribution in [3.63, 3.8) is 0 Å². The monoisotopic (exact) mass is 371 g/mol. The zero-order valence-corrected chi connectivity index (χ0v) is 15.1. The molecule has 1 aromatic carbocycles. The highest BCUT2D eigenvalue weighted by atomic mass is 32.1. The van der Waals surface area contributed by atoms with Gasteiger partial charge in [-0.15, -0.1) is 11.3 Å². The van der Waals surface area contributed by atoms with Gasteiger partial charge in [0.1, 0.15) is 16.5 Å². The first-order valence-corrected chi connectivity index (χ1v) is 9.22. The molecule has 1 aliphatic rings. The molecule has 0 radical (unpaired) electrons. The van der Waals surface area contributed by atoms with E-state index in [-0.39, 0.29) is 11.7 Å². The standard InChI is InChI=1S/C18H18FN5OS/c1-22-11-13(10-20-22)17-21-16(12-26-17)18(25)24-8-6-23(7-9-24)15-4-2-14(19)3-5-15/h2-5,10-12H,6-9H2,1H3. The van der Waals surface area contributed by atoms with Gasteiger partial charge in [-0.25, -0.2) is 9.37 Å². The third kappa shape index (κ3) is 3.32. The lowest BCUT2D eigenvalue weighted by atomic mass is 10.2. The summed E-state index contributed by atoms with van der Waals surface area (Å²) in [5.41, 5.74) is 2.37. The van der Waals surface area contributed by atoms with E-state index in [0.29, 0.717) is 18.8 Å². The molecule has 0 spiro atoms. The van der Waals surface area contributed by atoms with Crippen molar-refractivity contribution in [2.75, 3.05) is 31.1 Å². The second-order valence-corrected chi connectivity index (χ2v) is 7.05. The van der Waals surface area contributed by atoms with Crippen LogP contribution in [0.1, 0.15) is 10.5 Å². The number of carbonyl (C=O) groups excluding carboxylic acids is 1. The summed E-state index contributed by atoms with van der Waals surface area (Å²) in [6.45, 7) is 2.68. The molecule has 134 valence electrons. The maximum atomic E-state index is 13.1. The van der Waals surface area contributed by atoms with E-state index in [2.05, 4.69) is 15.0 Å². The van der Waals surface area contributed by atoms with Crippen molar-refractivity contribution in [2.45, 2.75) is 0 Å². The van der Waals surface area contributed by atoms with Gasteiger partial charge >= 0.3 is 0 Å². The van der Waals surface area contributed by atoms with Gasteiger partial charge in [0, 0.05) is 56.1 Å². The molecule has 3 heterocycles. The summed E-state index contributed by atoms with van der Waals surface area (Å²) in [6.07, 6.45) is 3.63. The van der Waals surface area contributed by atoms with Gasteiger partial charge in [0.25, 0.3) is 5.91 Å². The predicted octanol–water partition coefficient (Wildman–Crippen LogP) is 2.65. The maximum Gasteiger partial charge on any atom is 0.273 e. The molecule has 6 nitrogen and oxygen atoms in total. The second-order valence-electron chi connectivity index (χ2n) is 6.20. The number of piperazine rings is 1. The van der Waals surface area contributed by atoms with Crippen LogP contribution in [-0.2, 0) is 7.05 Å². The Kier molecular flexibility index (Phi) is 4.42. The van der Waals surface area contributed by atoms with Gasteiger partial charge in [-0.3, -0.25) is 9.48 Å². The summed E-state index contributed by atoms with van der Waals surface area (Å²) in [4.78, 5) is 21.2. The Balaban J connectivity index is 1.40. The lowest BCUT2D eigenvalue weighted by Gasteiger charge is -2.35. The van der Waals surface area contributed by atoms with Gasteiger partial charge in [0.15, 0.2) is 0 Å². The molecule has 1 saturated heterocycles. The van der Waals surface area contributed by atoms with Crippen LogP contribution in [0.5, 0.6) is 0 Å². The number of hydrogen-bond donors (Lipinski definition) is 0. The quantitative estimate of drug-likeness (QED) is 0.710. The van der Waals surface area contributed by atoms with E-state index >= 15 is 0 Å². The maximum absolute atomic E-state index is 13.1. The van der Waals surface area contributed by atoms with Crippen molar-refractivity contribution >= 4 is 22.9 Å². The SMILES string of the molecule is Cn1cc(-c2nc(C(=O)N3CCN(c4ccc(F)cc4)CC3)cs2)cn1. The molecule has 0 bridgehead atoms. The average molecular weight is 371 g/mol. The van der Waals surface area contributed by atoms with E-state index in [1.165, 1.54) is 23.5 Å². The predicted molar refractivity (Wildman–Crippen MR) is 98.8 cm³/mol. The van der Waals surface area contributed by atoms with Crippen molar-refractivity contribution in [1.29, 1.82) is 0 Å². The topological polar surface area (TPSA) is 54.3 Å². The normalized spacial score (nSPS) is 14.7. The van der Waals surface area contributed by atoms with Crippen molar-refractivity contribution in [3.8, 4) is 10.6 Å². The molecule has 0 N–H and O–H groups in total. The molecule has 1 aliphatic heterocycles. The van der Waals surface area contributed by atoms with Crippen LogP contribution in [0, 0.1) is 5.82 Å². The van der Waals surface area contributed by atoms with Crippen molar-refractivity contribution in [1.82, 2.24) is 19.7 Å². The highest BCUT2D eigenvalue weighted by Crippen LogP contribution is 2.24. The van der Waals surface area contributed by atoms with E-state index in [0.717, 1.165) is 29.3 Å². The van der Waals surface area contributed by atoms with Crippen LogP contribution >= 0.6 is 11.3 Å². The first kappa shape index (κ1) is 16.7. The van der Waals surface area contributed by atoms with E-state index in [1.54, 1.807) is 28.4 Å². The highest BCUT2D eigenvalue weighted by Gasteiger charge is 2.24. The molecule has 8 heteroatoms. The fraction of sp³-hybridized carbons (Fsp3) is 0.278. The van der Waals surface area contributed by atoms with Crippen molar-refractivity contribution < 1.29 is 9.18 Å². The second kappa shape index (κ2) is 6.87. The number of rotatable bonds is 3. The Labute approximate surface area is 154 Å². The molecular formula is C18H18FN5OS. The van der Waals surface area contributed by atoms with Crippen LogP contribution in [0.4, 0.5) is 10.1 Å². The molecule has 4 rings (SSSR count). The number of carbonyl (C=O) groups is 1. The largest absolute Gasteiger partial charge is 0.368 e. The van der Waals surface area contributed by atoms with Gasteiger partial charge in [-0.1, -0.05) is 0 Å². The van der Waals surface area contributed by atoms with Gasteiger partial charge in [0.2, 0.25) is 0 Å². The third-order valence-electron chi connectivity index (χ3n) is 4.43. The minimum absolute atomic E-state index is 0.0462. The van der Waals surface area contributed by atoms with Crippen LogP contribution < -0.4 is 4.90 Å². The number of anilines is 1. The molecule has 1 fully saturated rings. The number of benzene rings is 1. The zero-order valence-electron chi connectivity index (χ0n) is 14.3. The lowest BCUT2D eigenvalue weighted by Crippen LogP contribution is -2.48. The third-order valence-corrected chi connectivity index (χ3v) is 5.33. The number of hydrogen-bond acceptors (Lipinski definition) is 5. The van der Waals surface area contributed by atoms with Gasteiger partial charge in [0.05, 0.1) is 6.20 Å². The van der Waals surface area contributed by atoms with Gasteiger partial charge in [-0.05, 0) is 24.3 Å². The summed E-state index contributed by atoms with van der Waals surface area (Å²) >= 11 is 1.45. The molecular weight excluding hydrogens is 353 g/mol. The molecule has 1 amide bonds. The summed E-state index contributed by atoms with van der Waals surface area (Å²) in [5.74, 6) is -0.286. The Morgan fingerprint density at radius 2 is 1.88 bits per heavy atom. The molecule has 0 saturated carbocycles. The summed E-state index contributed by atoms with van der Waals surface area (Å²) in [5, 5.41) is 6.74. The van der Waals surface area contributed by atoms with Crippen LogP contribution in [0.15, 0.2) is 42.0 Å². The van der Waals surface area contributed by atoms with Crippen LogP contribution in [-0.4, -0.2) is 51.8 Å². The zero-order chi connectivity index (χ0) is 18.1. The van der Waals surface area contributed by atoms with Gasteiger partial charge < -0.3 is 9.80 Å². The van der Waals surface area contributed by atoms with Crippen molar-refractivity contribution in [3.05, 3.63) is 53.6 Å². The number of nitrogens with zero attached hydrogens (tertiary/aromatic N) is 5. The molecule has 26 heavy (non-hydrogen) atoms. The smallest absolute Gasteiger partial charge is 0.273 e. The Bertz CT molecular complexity index is 912. The van der Waals surface area contributed by atoms with E-state index in [4.69, 9.17) is 0 Å². The minimum atomic E-state index is -0.240. The highest BCUT2D eigenvalue weighted by molar-refractivity contribution is 7.13. The molecule has 2 aromatic heterocycles. The van der Waals surface area contributed by atoms with Crippen LogP contribution in [0.3, 0.4) is 0 Å². The molecule has 0 aliphatic carbocycles. The molecule has 0 atom stereocenters. The number of thiazole rings is 1. The molecule has 0 unspecified atom stereocenters. The lowest BCUT2D eigenvalue weighted by molar-refractivity contribution is 0.0742. The first-order valence-electron chi connectivity index (χ1n) is 8.34. The fourth-order valence-electron chi connectivity index (χ4n) is 3.02.